The Labute approximate surface area is 173 Å². The number of aliphatic hydroxyl groups excluding tert-OH is 2. The first-order valence-electron chi connectivity index (χ1n) is 9.39. The lowest BCUT2D eigenvalue weighted by Crippen LogP contribution is -2.23. The van der Waals surface area contributed by atoms with E-state index in [9.17, 15) is 10.2 Å². The Bertz CT molecular complexity index is 1120. The summed E-state index contributed by atoms with van der Waals surface area (Å²) in [5, 5.41) is 42.6. The van der Waals surface area contributed by atoms with Gasteiger partial charge in [0, 0.05) is 39.4 Å². The Morgan fingerprint density at radius 1 is 1.14 bits per heavy atom. The number of halogens is 1. The van der Waals surface area contributed by atoms with E-state index in [4.69, 9.17) is 16.7 Å². The minimum atomic E-state index is -0.912. The van der Waals surface area contributed by atoms with Crippen LogP contribution in [0.15, 0.2) is 36.4 Å². The molecule has 0 amide bonds. The molecule has 1 aliphatic rings. The minimum absolute atomic E-state index is 0.0158. The average molecular weight is 410 g/mol. The molecule has 1 aliphatic carbocycles. The monoisotopic (exact) mass is 409 g/mol. The predicted molar refractivity (Wildman–Crippen MR) is 113 cm³/mol. The van der Waals surface area contributed by atoms with Crippen molar-refractivity contribution >= 4 is 28.2 Å². The molecule has 3 aromatic rings. The second-order valence-electron chi connectivity index (χ2n) is 7.08. The van der Waals surface area contributed by atoms with Gasteiger partial charge in [-0.25, -0.2) is 0 Å². The Kier molecular flexibility index (Phi) is 5.54. The molecule has 0 bridgehead atoms. The maximum atomic E-state index is 10.3. The fourth-order valence-electron chi connectivity index (χ4n) is 2.96. The zero-order valence-corrected chi connectivity index (χ0v) is 16.3. The number of aromatic hydroxyl groups is 1. The van der Waals surface area contributed by atoms with Gasteiger partial charge >= 0.3 is 0 Å². The summed E-state index contributed by atoms with van der Waals surface area (Å²) in [6, 6.07) is 10.6. The molecule has 2 aromatic carbocycles. The lowest BCUT2D eigenvalue weighted by molar-refractivity contribution is 0.105. The number of benzene rings is 2. The molecule has 4 N–H and O–H groups in total. The molecule has 7 heteroatoms. The Morgan fingerprint density at radius 2 is 1.97 bits per heavy atom. The fourth-order valence-corrected chi connectivity index (χ4v) is 3.13. The van der Waals surface area contributed by atoms with Crippen LogP contribution >= 0.6 is 11.6 Å². The number of anilines is 1. The largest absolute Gasteiger partial charge is 0.507 e. The summed E-state index contributed by atoms with van der Waals surface area (Å²) < 4.78 is 0. The highest BCUT2D eigenvalue weighted by molar-refractivity contribution is 6.30. The highest BCUT2D eigenvalue weighted by atomic mass is 35.5. The number of phenolic OH excluding ortho intramolecular Hbond substituents is 1. The Hall–Kier alpha value is -2.85. The Morgan fingerprint density at radius 3 is 2.69 bits per heavy atom. The van der Waals surface area contributed by atoms with Crippen molar-refractivity contribution in [3.63, 3.8) is 0 Å². The van der Waals surface area contributed by atoms with Gasteiger partial charge < -0.3 is 20.6 Å². The summed E-state index contributed by atoms with van der Waals surface area (Å²) in [5.41, 5.74) is 1.89. The molecule has 1 atom stereocenters. The average Bonchev–Trinajstić information content (AvgIpc) is 3.55. The number of hydrogen-bond donors (Lipinski definition) is 4. The maximum Gasteiger partial charge on any atom is 0.156 e. The number of hydrogen-bond acceptors (Lipinski definition) is 6. The molecule has 4 rings (SSSR count). The van der Waals surface area contributed by atoms with Crippen molar-refractivity contribution in [3.05, 3.63) is 47.0 Å². The van der Waals surface area contributed by atoms with Crippen molar-refractivity contribution < 1.29 is 15.3 Å². The zero-order valence-electron chi connectivity index (χ0n) is 15.6. The normalized spacial score (nSPS) is 14.3. The van der Waals surface area contributed by atoms with Gasteiger partial charge in [0.15, 0.2) is 5.82 Å². The van der Waals surface area contributed by atoms with Gasteiger partial charge in [-0.05, 0) is 43.2 Å². The maximum absolute atomic E-state index is 10.3. The first-order chi connectivity index (χ1) is 14.0. The van der Waals surface area contributed by atoms with Crippen LogP contribution in [0.5, 0.6) is 5.75 Å². The van der Waals surface area contributed by atoms with E-state index in [0.29, 0.717) is 28.0 Å². The quantitative estimate of drug-likeness (QED) is 0.483. The zero-order chi connectivity index (χ0) is 20.4. The molecule has 0 aliphatic heterocycles. The van der Waals surface area contributed by atoms with Gasteiger partial charge in [-0.15, -0.1) is 10.2 Å². The Balaban J connectivity index is 1.82. The number of aliphatic hydroxyl groups is 2. The first kappa shape index (κ1) is 19.5. The SMILES string of the molecule is OC[C@@H](O)CNc1nnc(-c2ccc(Cl)cc2O)c2ccc(C#CC3CC3)cc12. The number of rotatable bonds is 5. The summed E-state index contributed by atoms with van der Waals surface area (Å²) in [6.45, 7) is -0.225. The molecule has 6 nitrogen and oxygen atoms in total. The van der Waals surface area contributed by atoms with E-state index in [-0.39, 0.29) is 18.9 Å². The molecule has 1 saturated carbocycles. The van der Waals surface area contributed by atoms with Gasteiger partial charge in [-0.2, -0.15) is 0 Å². The first-order valence-corrected chi connectivity index (χ1v) is 9.76. The molecule has 0 unspecified atom stereocenters. The second-order valence-corrected chi connectivity index (χ2v) is 7.52. The number of fused-ring (bicyclic) bond motifs is 1. The van der Waals surface area contributed by atoms with E-state index in [0.717, 1.165) is 29.2 Å². The van der Waals surface area contributed by atoms with Crippen molar-refractivity contribution in [2.24, 2.45) is 5.92 Å². The van der Waals surface area contributed by atoms with Crippen LogP contribution in [0.1, 0.15) is 18.4 Å². The summed E-state index contributed by atoms with van der Waals surface area (Å²) in [5.74, 6) is 7.42. The molecule has 1 heterocycles. The third-order valence-electron chi connectivity index (χ3n) is 4.71. The third kappa shape index (κ3) is 4.43. The van der Waals surface area contributed by atoms with Gasteiger partial charge in [0.2, 0.25) is 0 Å². The molecule has 148 valence electrons. The highest BCUT2D eigenvalue weighted by Gasteiger charge is 2.18. The number of nitrogens with zero attached hydrogens (tertiary/aromatic N) is 2. The van der Waals surface area contributed by atoms with Crippen LogP contribution in [0, 0.1) is 17.8 Å². The van der Waals surface area contributed by atoms with Crippen LogP contribution < -0.4 is 5.32 Å². The van der Waals surface area contributed by atoms with Crippen molar-refractivity contribution in [2.75, 3.05) is 18.5 Å². The van der Waals surface area contributed by atoms with Crippen LogP contribution in [0.3, 0.4) is 0 Å². The van der Waals surface area contributed by atoms with E-state index < -0.39 is 6.10 Å². The molecular weight excluding hydrogens is 390 g/mol. The van der Waals surface area contributed by atoms with E-state index in [1.165, 1.54) is 6.07 Å². The van der Waals surface area contributed by atoms with Crippen LogP contribution in [-0.2, 0) is 0 Å². The van der Waals surface area contributed by atoms with Gasteiger partial charge in [0.25, 0.3) is 0 Å². The highest BCUT2D eigenvalue weighted by Crippen LogP contribution is 2.36. The van der Waals surface area contributed by atoms with Crippen LogP contribution in [-0.4, -0.2) is 44.8 Å². The van der Waals surface area contributed by atoms with E-state index in [2.05, 4.69) is 27.4 Å². The van der Waals surface area contributed by atoms with Crippen molar-refractivity contribution in [1.82, 2.24) is 10.2 Å². The molecule has 29 heavy (non-hydrogen) atoms. The van der Waals surface area contributed by atoms with Gasteiger partial charge in [-0.3, -0.25) is 0 Å². The fraction of sp³-hybridized carbons (Fsp3) is 0.273. The summed E-state index contributed by atoms with van der Waals surface area (Å²) in [4.78, 5) is 0. The minimum Gasteiger partial charge on any atom is -0.507 e. The number of aromatic nitrogens is 2. The standard InChI is InChI=1S/C22H20ClN3O3/c23-15-6-8-18(20(29)10-15)21-17-7-5-14(4-3-13-1-2-13)9-19(17)22(26-25-21)24-11-16(28)12-27/h5-10,13,16,27-29H,1-2,11-12H2,(H,24,26)/t16-/m0/s1. The summed E-state index contributed by atoms with van der Waals surface area (Å²) >= 11 is 5.95. The molecule has 0 spiro atoms. The summed E-state index contributed by atoms with van der Waals surface area (Å²) in [6.07, 6.45) is 1.39. The van der Waals surface area contributed by atoms with E-state index >= 15 is 0 Å². The van der Waals surface area contributed by atoms with Crippen LogP contribution in [0.2, 0.25) is 5.02 Å². The molecule has 0 saturated heterocycles. The van der Waals surface area contributed by atoms with Crippen molar-refractivity contribution in [1.29, 1.82) is 0 Å². The number of phenols is 1. The van der Waals surface area contributed by atoms with Gasteiger partial charge in [-0.1, -0.05) is 29.5 Å². The van der Waals surface area contributed by atoms with Gasteiger partial charge in [0.1, 0.15) is 11.4 Å². The third-order valence-corrected chi connectivity index (χ3v) is 4.94. The van der Waals surface area contributed by atoms with Crippen molar-refractivity contribution in [2.45, 2.75) is 18.9 Å². The van der Waals surface area contributed by atoms with E-state index in [1.807, 2.05) is 18.2 Å². The second kappa shape index (κ2) is 8.26. The number of nitrogens with one attached hydrogen (secondary N) is 1. The summed E-state index contributed by atoms with van der Waals surface area (Å²) in [7, 11) is 0. The van der Waals surface area contributed by atoms with Crippen molar-refractivity contribution in [3.8, 4) is 28.8 Å². The molecular formula is C22H20ClN3O3. The lowest BCUT2D eigenvalue weighted by Gasteiger charge is -2.14. The van der Waals surface area contributed by atoms with Crippen LogP contribution in [0.25, 0.3) is 22.0 Å². The predicted octanol–water partition coefficient (Wildman–Crippen LogP) is 3.18. The lowest BCUT2D eigenvalue weighted by atomic mass is 10.0. The molecule has 0 radical (unpaired) electrons. The topological polar surface area (TPSA) is 98.5 Å². The van der Waals surface area contributed by atoms with E-state index in [1.54, 1.807) is 12.1 Å². The molecule has 1 fully saturated rings. The van der Waals surface area contributed by atoms with Crippen LogP contribution in [0.4, 0.5) is 5.82 Å². The van der Waals surface area contributed by atoms with Gasteiger partial charge in [0.05, 0.1) is 12.7 Å². The molecule has 1 aromatic heterocycles. The smallest absolute Gasteiger partial charge is 0.156 e.